The molecule has 0 radical (unpaired) electrons. The number of anilines is 1. The highest BCUT2D eigenvalue weighted by atomic mass is 16.6. The van der Waals surface area contributed by atoms with Crippen LogP contribution in [0.25, 0.3) is 0 Å². The first kappa shape index (κ1) is 14.2. The van der Waals surface area contributed by atoms with Crippen LogP contribution in [0.15, 0.2) is 41.6 Å². The Bertz CT molecular complexity index is 770. The van der Waals surface area contributed by atoms with E-state index in [0.717, 1.165) is 23.2 Å². The van der Waals surface area contributed by atoms with E-state index in [4.69, 9.17) is 5.73 Å². The normalized spacial score (nSPS) is 11.8. The van der Waals surface area contributed by atoms with Gasteiger partial charge in [0.05, 0.1) is 17.4 Å². The third-order valence-corrected chi connectivity index (χ3v) is 2.80. The van der Waals surface area contributed by atoms with Gasteiger partial charge in [-0.1, -0.05) is 12.1 Å². The summed E-state index contributed by atoms with van der Waals surface area (Å²) < 4.78 is 0.816. The van der Waals surface area contributed by atoms with Crippen LogP contribution in [0.5, 0.6) is 0 Å². The van der Waals surface area contributed by atoms with Gasteiger partial charge in [0.15, 0.2) is 6.04 Å². The number of nitrogens with two attached hydrogens (primary N) is 1. The lowest BCUT2D eigenvalue weighted by Gasteiger charge is -2.15. The molecule has 1 atom stereocenters. The standard InChI is InChI=1S/C12H10N4O5/c13-9-5-14-6-15(11(9)17)10(12(18)19)7-2-1-3-8(4-7)16(20)21/h1-6,10H,13H2,(H,18,19). The average molecular weight is 290 g/mol. The van der Waals surface area contributed by atoms with Gasteiger partial charge >= 0.3 is 5.97 Å². The largest absolute Gasteiger partial charge is 0.479 e. The molecule has 0 bridgehead atoms. The summed E-state index contributed by atoms with van der Waals surface area (Å²) in [6.45, 7) is 0. The molecule has 0 saturated carbocycles. The molecule has 0 fully saturated rings. The van der Waals surface area contributed by atoms with Crippen molar-refractivity contribution >= 4 is 17.3 Å². The molecular weight excluding hydrogens is 280 g/mol. The zero-order valence-electron chi connectivity index (χ0n) is 10.5. The topological polar surface area (TPSA) is 141 Å². The highest BCUT2D eigenvalue weighted by Gasteiger charge is 2.25. The number of carbonyl (C=O) groups is 1. The first-order chi connectivity index (χ1) is 9.91. The molecule has 0 aliphatic carbocycles. The number of nitrogen functional groups attached to an aromatic ring is 1. The molecule has 0 amide bonds. The second-order valence-corrected chi connectivity index (χ2v) is 4.15. The fraction of sp³-hybridized carbons (Fsp3) is 0.0833. The highest BCUT2D eigenvalue weighted by Crippen LogP contribution is 2.22. The maximum absolute atomic E-state index is 11.9. The van der Waals surface area contributed by atoms with Crippen LogP contribution < -0.4 is 11.3 Å². The van der Waals surface area contributed by atoms with Crippen molar-refractivity contribution in [2.24, 2.45) is 0 Å². The molecule has 9 nitrogen and oxygen atoms in total. The van der Waals surface area contributed by atoms with E-state index in [1.807, 2.05) is 0 Å². The van der Waals surface area contributed by atoms with Gasteiger partial charge in [-0.3, -0.25) is 19.5 Å². The predicted octanol–water partition coefficient (Wildman–Crippen LogP) is 0.408. The minimum absolute atomic E-state index is 0.0752. The molecule has 2 rings (SSSR count). The molecule has 1 heterocycles. The Morgan fingerprint density at radius 3 is 2.81 bits per heavy atom. The Labute approximate surface area is 117 Å². The number of hydrogen-bond acceptors (Lipinski definition) is 6. The quantitative estimate of drug-likeness (QED) is 0.613. The van der Waals surface area contributed by atoms with Crippen LogP contribution in [0.2, 0.25) is 0 Å². The van der Waals surface area contributed by atoms with Crippen molar-refractivity contribution in [3.05, 3.63) is 62.8 Å². The van der Waals surface area contributed by atoms with E-state index in [9.17, 15) is 24.8 Å². The maximum atomic E-state index is 11.9. The molecule has 0 saturated heterocycles. The van der Waals surface area contributed by atoms with Gasteiger partial charge < -0.3 is 10.8 Å². The van der Waals surface area contributed by atoms with E-state index in [2.05, 4.69) is 4.98 Å². The lowest BCUT2D eigenvalue weighted by Crippen LogP contribution is -2.32. The van der Waals surface area contributed by atoms with Crippen molar-refractivity contribution in [3.8, 4) is 0 Å². The maximum Gasteiger partial charge on any atom is 0.331 e. The average Bonchev–Trinajstić information content (AvgIpc) is 2.44. The van der Waals surface area contributed by atoms with Crippen LogP contribution in [-0.2, 0) is 4.79 Å². The van der Waals surface area contributed by atoms with Crippen LogP contribution >= 0.6 is 0 Å². The summed E-state index contributed by atoms with van der Waals surface area (Å²) in [5, 5.41) is 20.1. The summed E-state index contributed by atoms with van der Waals surface area (Å²) in [6.07, 6.45) is 2.13. The smallest absolute Gasteiger partial charge is 0.331 e. The Morgan fingerprint density at radius 1 is 1.48 bits per heavy atom. The molecular formula is C12H10N4O5. The minimum atomic E-state index is -1.45. The summed E-state index contributed by atoms with van der Waals surface area (Å²) >= 11 is 0. The molecule has 0 aliphatic heterocycles. The van der Waals surface area contributed by atoms with Crippen molar-refractivity contribution in [3.63, 3.8) is 0 Å². The fourth-order valence-electron chi connectivity index (χ4n) is 1.86. The van der Waals surface area contributed by atoms with Crippen LogP contribution in [0.4, 0.5) is 11.4 Å². The van der Waals surface area contributed by atoms with Crippen LogP contribution in [-0.4, -0.2) is 25.6 Å². The van der Waals surface area contributed by atoms with E-state index < -0.39 is 22.5 Å². The van der Waals surface area contributed by atoms with Gasteiger partial charge in [-0.15, -0.1) is 0 Å². The lowest BCUT2D eigenvalue weighted by atomic mass is 10.1. The highest BCUT2D eigenvalue weighted by molar-refractivity contribution is 5.76. The van der Waals surface area contributed by atoms with E-state index in [1.165, 1.54) is 18.2 Å². The lowest BCUT2D eigenvalue weighted by molar-refractivity contribution is -0.384. The van der Waals surface area contributed by atoms with Gasteiger partial charge in [-0.2, -0.15) is 0 Å². The van der Waals surface area contributed by atoms with Gasteiger partial charge in [-0.25, -0.2) is 9.78 Å². The molecule has 9 heteroatoms. The number of carboxylic acids is 1. The Kier molecular flexibility index (Phi) is 3.65. The SMILES string of the molecule is Nc1cncn(C(C(=O)O)c2cccc([N+](=O)[O-])c2)c1=O. The first-order valence-electron chi connectivity index (χ1n) is 5.70. The third-order valence-electron chi connectivity index (χ3n) is 2.80. The number of nitro benzene ring substituents is 1. The monoisotopic (exact) mass is 290 g/mol. The molecule has 108 valence electrons. The van der Waals surface area contributed by atoms with Crippen molar-refractivity contribution < 1.29 is 14.8 Å². The summed E-state index contributed by atoms with van der Waals surface area (Å²) in [6, 6.07) is 3.58. The number of aromatic nitrogens is 2. The zero-order chi connectivity index (χ0) is 15.6. The minimum Gasteiger partial charge on any atom is -0.479 e. The molecule has 1 aromatic heterocycles. The van der Waals surface area contributed by atoms with Gasteiger partial charge in [0.25, 0.3) is 11.2 Å². The number of carboxylic acid groups (broad SMARTS) is 1. The molecule has 2 aromatic rings. The second-order valence-electron chi connectivity index (χ2n) is 4.15. The van der Waals surface area contributed by atoms with E-state index >= 15 is 0 Å². The fourth-order valence-corrected chi connectivity index (χ4v) is 1.86. The van der Waals surface area contributed by atoms with Crippen LogP contribution in [0.3, 0.4) is 0 Å². The zero-order valence-corrected chi connectivity index (χ0v) is 10.5. The molecule has 21 heavy (non-hydrogen) atoms. The number of nitro groups is 1. The van der Waals surface area contributed by atoms with Crippen molar-refractivity contribution in [1.29, 1.82) is 0 Å². The number of hydrogen-bond donors (Lipinski definition) is 2. The molecule has 0 aliphatic rings. The van der Waals surface area contributed by atoms with Crippen molar-refractivity contribution in [1.82, 2.24) is 9.55 Å². The molecule has 1 aromatic carbocycles. The summed E-state index contributed by atoms with van der Waals surface area (Å²) in [5.41, 5.74) is 4.27. The Morgan fingerprint density at radius 2 is 2.19 bits per heavy atom. The van der Waals surface area contributed by atoms with E-state index in [-0.39, 0.29) is 16.9 Å². The van der Waals surface area contributed by atoms with Gasteiger partial charge in [0.2, 0.25) is 0 Å². The number of nitrogens with zero attached hydrogens (tertiary/aromatic N) is 3. The molecule has 0 spiro atoms. The van der Waals surface area contributed by atoms with Crippen molar-refractivity contribution in [2.45, 2.75) is 6.04 Å². The third kappa shape index (κ3) is 2.71. The summed E-state index contributed by atoms with van der Waals surface area (Å²) in [4.78, 5) is 37.1. The van der Waals surface area contributed by atoms with Gasteiger partial charge in [0.1, 0.15) is 5.69 Å². The summed E-state index contributed by atoms with van der Waals surface area (Å²) in [7, 11) is 0. The molecule has 1 unspecified atom stereocenters. The van der Waals surface area contributed by atoms with E-state index in [1.54, 1.807) is 0 Å². The predicted molar refractivity (Wildman–Crippen MR) is 71.8 cm³/mol. The first-order valence-corrected chi connectivity index (χ1v) is 5.70. The number of rotatable bonds is 4. The van der Waals surface area contributed by atoms with E-state index in [0.29, 0.717) is 0 Å². The van der Waals surface area contributed by atoms with Crippen LogP contribution in [0.1, 0.15) is 11.6 Å². The van der Waals surface area contributed by atoms with Gasteiger partial charge in [0, 0.05) is 12.1 Å². The number of non-ortho nitro benzene ring substituents is 1. The van der Waals surface area contributed by atoms with Crippen molar-refractivity contribution in [2.75, 3.05) is 5.73 Å². The Balaban J connectivity index is 2.62. The second kappa shape index (κ2) is 5.41. The van der Waals surface area contributed by atoms with Crippen LogP contribution in [0, 0.1) is 10.1 Å². The molecule has 3 N–H and O–H groups in total. The number of benzene rings is 1. The number of aliphatic carboxylic acids is 1. The Hall–Kier alpha value is -3.23. The summed E-state index contributed by atoms with van der Waals surface area (Å²) in [5.74, 6) is -1.36. The van der Waals surface area contributed by atoms with Gasteiger partial charge in [-0.05, 0) is 5.56 Å².